The molecule has 1 heterocycles. The predicted octanol–water partition coefficient (Wildman–Crippen LogP) is 4.40. The SMILES string of the molecule is CCCCCCNC(=O)CCCCC1CCSS1. The lowest BCUT2D eigenvalue weighted by Gasteiger charge is -2.07. The van der Waals surface area contributed by atoms with E-state index >= 15 is 0 Å². The van der Waals surface area contributed by atoms with Crippen molar-refractivity contribution in [2.45, 2.75) is 70.0 Å². The molecule has 2 nitrogen and oxygen atoms in total. The zero-order valence-corrected chi connectivity index (χ0v) is 13.2. The van der Waals surface area contributed by atoms with Gasteiger partial charge in [0.05, 0.1) is 0 Å². The molecular formula is C14H27NOS2. The predicted molar refractivity (Wildman–Crippen MR) is 84.1 cm³/mol. The summed E-state index contributed by atoms with van der Waals surface area (Å²) in [5.41, 5.74) is 0. The van der Waals surface area contributed by atoms with Gasteiger partial charge in [0.2, 0.25) is 5.91 Å². The van der Waals surface area contributed by atoms with Gasteiger partial charge in [0.15, 0.2) is 0 Å². The summed E-state index contributed by atoms with van der Waals surface area (Å²) >= 11 is 0. The number of hydrogen-bond acceptors (Lipinski definition) is 3. The highest BCUT2D eigenvalue weighted by Gasteiger charge is 2.15. The Bertz CT molecular complexity index is 218. The van der Waals surface area contributed by atoms with Gasteiger partial charge in [-0.25, -0.2) is 0 Å². The summed E-state index contributed by atoms with van der Waals surface area (Å²) in [6, 6.07) is 0. The van der Waals surface area contributed by atoms with Gasteiger partial charge in [0.1, 0.15) is 0 Å². The molecule has 18 heavy (non-hydrogen) atoms. The van der Waals surface area contributed by atoms with Crippen LogP contribution in [0, 0.1) is 0 Å². The van der Waals surface area contributed by atoms with E-state index in [2.05, 4.69) is 12.2 Å². The molecule has 1 atom stereocenters. The van der Waals surface area contributed by atoms with Gasteiger partial charge in [-0.05, 0) is 25.7 Å². The number of carbonyl (C=O) groups is 1. The lowest BCUT2D eigenvalue weighted by molar-refractivity contribution is -0.121. The van der Waals surface area contributed by atoms with Crippen LogP contribution in [0.15, 0.2) is 0 Å². The van der Waals surface area contributed by atoms with E-state index in [9.17, 15) is 4.79 Å². The first-order chi connectivity index (χ1) is 8.83. The lowest BCUT2D eigenvalue weighted by atomic mass is 10.1. The van der Waals surface area contributed by atoms with Crippen LogP contribution in [-0.4, -0.2) is 23.5 Å². The Morgan fingerprint density at radius 1 is 1.22 bits per heavy atom. The van der Waals surface area contributed by atoms with Crippen LogP contribution in [0.1, 0.15) is 64.7 Å². The van der Waals surface area contributed by atoms with Crippen LogP contribution < -0.4 is 5.32 Å². The number of amides is 1. The second-order valence-electron chi connectivity index (χ2n) is 4.99. The van der Waals surface area contributed by atoms with Crippen LogP contribution in [0.25, 0.3) is 0 Å². The van der Waals surface area contributed by atoms with Crippen molar-refractivity contribution in [1.82, 2.24) is 5.32 Å². The van der Waals surface area contributed by atoms with Gasteiger partial charge < -0.3 is 5.32 Å². The van der Waals surface area contributed by atoms with Gasteiger partial charge in [-0.3, -0.25) is 4.79 Å². The minimum Gasteiger partial charge on any atom is -0.356 e. The minimum atomic E-state index is 0.250. The lowest BCUT2D eigenvalue weighted by Crippen LogP contribution is -2.24. The van der Waals surface area contributed by atoms with Crippen molar-refractivity contribution >= 4 is 27.5 Å². The average Bonchev–Trinajstić information content (AvgIpc) is 2.87. The van der Waals surface area contributed by atoms with Gasteiger partial charge in [0.25, 0.3) is 0 Å². The zero-order chi connectivity index (χ0) is 13.1. The third kappa shape index (κ3) is 8.30. The molecule has 0 spiro atoms. The molecule has 1 N–H and O–H groups in total. The highest BCUT2D eigenvalue weighted by molar-refractivity contribution is 8.77. The monoisotopic (exact) mass is 289 g/mol. The molecule has 1 fully saturated rings. The van der Waals surface area contributed by atoms with Crippen molar-refractivity contribution in [1.29, 1.82) is 0 Å². The first-order valence-corrected chi connectivity index (χ1v) is 9.76. The molecule has 0 radical (unpaired) electrons. The van der Waals surface area contributed by atoms with E-state index in [0.717, 1.165) is 31.1 Å². The van der Waals surface area contributed by atoms with Crippen molar-refractivity contribution in [2.24, 2.45) is 0 Å². The summed E-state index contributed by atoms with van der Waals surface area (Å²) in [4.78, 5) is 11.6. The van der Waals surface area contributed by atoms with Crippen molar-refractivity contribution < 1.29 is 4.79 Å². The Hall–Kier alpha value is 0.170. The van der Waals surface area contributed by atoms with Crippen LogP contribution in [0.2, 0.25) is 0 Å². The Balaban J connectivity index is 1.84. The van der Waals surface area contributed by atoms with Gasteiger partial charge in [-0.2, -0.15) is 0 Å². The maximum absolute atomic E-state index is 11.6. The first-order valence-electron chi connectivity index (χ1n) is 7.38. The molecule has 1 amide bonds. The van der Waals surface area contributed by atoms with Crippen LogP contribution in [0.3, 0.4) is 0 Å². The molecule has 0 aromatic carbocycles. The van der Waals surface area contributed by atoms with E-state index in [0.29, 0.717) is 0 Å². The van der Waals surface area contributed by atoms with Gasteiger partial charge >= 0.3 is 0 Å². The highest BCUT2D eigenvalue weighted by Crippen LogP contribution is 2.39. The average molecular weight is 290 g/mol. The highest BCUT2D eigenvalue weighted by atomic mass is 33.1. The maximum Gasteiger partial charge on any atom is 0.219 e. The standard InChI is InChI=1S/C14H27NOS2/c1-2-3-4-7-11-15-14(16)9-6-5-8-13-10-12-17-18-13/h13H,2-12H2,1H3,(H,15,16). The fourth-order valence-corrected chi connectivity index (χ4v) is 5.12. The summed E-state index contributed by atoms with van der Waals surface area (Å²) in [5, 5.41) is 3.88. The summed E-state index contributed by atoms with van der Waals surface area (Å²) in [6.07, 6.45) is 10.6. The van der Waals surface area contributed by atoms with Crippen LogP contribution >= 0.6 is 21.6 Å². The van der Waals surface area contributed by atoms with E-state index in [1.165, 1.54) is 44.3 Å². The van der Waals surface area contributed by atoms with Crippen molar-refractivity contribution in [3.63, 3.8) is 0 Å². The van der Waals surface area contributed by atoms with Crippen molar-refractivity contribution in [3.05, 3.63) is 0 Å². The summed E-state index contributed by atoms with van der Waals surface area (Å²) in [6.45, 7) is 3.08. The molecule has 1 saturated heterocycles. The smallest absolute Gasteiger partial charge is 0.219 e. The topological polar surface area (TPSA) is 29.1 Å². The van der Waals surface area contributed by atoms with Gasteiger partial charge in [-0.15, -0.1) is 0 Å². The fraction of sp³-hybridized carbons (Fsp3) is 0.929. The molecule has 1 unspecified atom stereocenters. The largest absolute Gasteiger partial charge is 0.356 e. The molecular weight excluding hydrogens is 262 g/mol. The number of carbonyl (C=O) groups excluding carboxylic acids is 1. The normalized spacial score (nSPS) is 19.1. The molecule has 0 bridgehead atoms. The molecule has 106 valence electrons. The molecule has 0 saturated carbocycles. The van der Waals surface area contributed by atoms with E-state index < -0.39 is 0 Å². The molecule has 1 rings (SSSR count). The first kappa shape index (κ1) is 16.2. The number of unbranched alkanes of at least 4 members (excludes halogenated alkanes) is 4. The third-order valence-corrected chi connectivity index (χ3v) is 6.27. The van der Waals surface area contributed by atoms with Crippen LogP contribution in [0.5, 0.6) is 0 Å². The quantitative estimate of drug-likeness (QED) is 0.477. The van der Waals surface area contributed by atoms with E-state index in [1.54, 1.807) is 0 Å². The molecule has 1 aliphatic rings. The summed E-state index contributed by atoms with van der Waals surface area (Å²) < 4.78 is 0. The second kappa shape index (κ2) is 11.0. The third-order valence-electron chi connectivity index (χ3n) is 3.26. The summed E-state index contributed by atoms with van der Waals surface area (Å²) in [5.74, 6) is 1.56. The minimum absolute atomic E-state index is 0.250. The molecule has 0 aromatic heterocycles. The van der Waals surface area contributed by atoms with Gasteiger partial charge in [0, 0.05) is 24.0 Å². The maximum atomic E-state index is 11.6. The fourth-order valence-electron chi connectivity index (χ4n) is 2.09. The van der Waals surface area contributed by atoms with E-state index in [-0.39, 0.29) is 5.91 Å². The van der Waals surface area contributed by atoms with Crippen molar-refractivity contribution in [2.75, 3.05) is 12.3 Å². The van der Waals surface area contributed by atoms with Crippen LogP contribution in [0.4, 0.5) is 0 Å². The van der Waals surface area contributed by atoms with Gasteiger partial charge in [-0.1, -0.05) is 54.2 Å². The second-order valence-corrected chi connectivity index (χ2v) is 7.77. The Kier molecular flexibility index (Phi) is 9.95. The van der Waals surface area contributed by atoms with E-state index in [1.807, 2.05) is 21.6 Å². The number of nitrogens with one attached hydrogen (secondary N) is 1. The molecule has 1 aliphatic heterocycles. The van der Waals surface area contributed by atoms with E-state index in [4.69, 9.17) is 0 Å². The number of rotatable bonds is 10. The summed E-state index contributed by atoms with van der Waals surface area (Å²) in [7, 11) is 4.04. The zero-order valence-electron chi connectivity index (χ0n) is 11.6. The molecule has 0 aromatic rings. The molecule has 4 heteroatoms. The number of hydrogen-bond donors (Lipinski definition) is 1. The Labute approximate surface area is 120 Å². The van der Waals surface area contributed by atoms with Crippen molar-refractivity contribution in [3.8, 4) is 0 Å². The molecule has 0 aliphatic carbocycles. The Morgan fingerprint density at radius 2 is 2.11 bits per heavy atom. The Morgan fingerprint density at radius 3 is 2.83 bits per heavy atom. The van der Waals surface area contributed by atoms with Crippen LogP contribution in [-0.2, 0) is 4.79 Å².